The van der Waals surface area contributed by atoms with Gasteiger partial charge >= 0.3 is 0 Å². The number of hydrogen-bond donors (Lipinski definition) is 2. The number of nitrogens with one attached hydrogen (secondary N) is 2. The minimum Gasteiger partial charge on any atom is -0.321 e. The Morgan fingerprint density at radius 1 is 0.750 bits per heavy atom. The van der Waals surface area contributed by atoms with Crippen LogP contribution in [0, 0.1) is 0 Å². The number of fused-ring (bicyclic) bond motifs is 4. The van der Waals surface area contributed by atoms with E-state index in [9.17, 15) is 4.79 Å². The van der Waals surface area contributed by atoms with Crippen LogP contribution < -0.4 is 5.56 Å². The Morgan fingerprint density at radius 2 is 1.46 bits per heavy atom. The SMILES string of the molecule is O=c1[nH]c2ccccc2cc1-c1cc2ccccc2c2n[nH]nc12. The lowest BCUT2D eigenvalue weighted by molar-refractivity contribution is 0.960. The lowest BCUT2D eigenvalue weighted by atomic mass is 9.99. The highest BCUT2D eigenvalue weighted by Crippen LogP contribution is 2.31. The van der Waals surface area contributed by atoms with E-state index in [1.165, 1.54) is 0 Å². The summed E-state index contributed by atoms with van der Waals surface area (Å²) in [6.07, 6.45) is 0. The number of aromatic nitrogens is 4. The molecule has 5 rings (SSSR count). The van der Waals surface area contributed by atoms with Crippen LogP contribution in [0.2, 0.25) is 0 Å². The van der Waals surface area contributed by atoms with E-state index in [-0.39, 0.29) is 5.56 Å². The third-order valence-electron chi connectivity index (χ3n) is 4.36. The molecule has 0 amide bonds. The van der Waals surface area contributed by atoms with Crippen LogP contribution in [0.5, 0.6) is 0 Å². The second-order valence-corrected chi connectivity index (χ2v) is 5.77. The Labute approximate surface area is 136 Å². The Kier molecular flexibility index (Phi) is 2.58. The molecule has 0 radical (unpaired) electrons. The molecule has 0 bridgehead atoms. The normalized spacial score (nSPS) is 11.5. The topological polar surface area (TPSA) is 74.4 Å². The van der Waals surface area contributed by atoms with Gasteiger partial charge in [0.2, 0.25) is 0 Å². The van der Waals surface area contributed by atoms with Crippen LogP contribution in [0.25, 0.3) is 43.8 Å². The van der Waals surface area contributed by atoms with E-state index < -0.39 is 0 Å². The maximum absolute atomic E-state index is 12.6. The van der Waals surface area contributed by atoms with E-state index in [0.29, 0.717) is 11.1 Å². The third kappa shape index (κ3) is 1.78. The van der Waals surface area contributed by atoms with Crippen LogP contribution in [0.15, 0.2) is 65.5 Å². The summed E-state index contributed by atoms with van der Waals surface area (Å²) in [5, 5.41) is 14.3. The second kappa shape index (κ2) is 4.76. The van der Waals surface area contributed by atoms with Crippen molar-refractivity contribution >= 4 is 32.7 Å². The number of para-hydroxylation sites is 1. The number of aromatic amines is 2. The fraction of sp³-hybridized carbons (Fsp3) is 0. The van der Waals surface area contributed by atoms with Crippen LogP contribution in [-0.4, -0.2) is 20.4 Å². The smallest absolute Gasteiger partial charge is 0.256 e. The second-order valence-electron chi connectivity index (χ2n) is 5.77. The van der Waals surface area contributed by atoms with Gasteiger partial charge in [0.25, 0.3) is 5.56 Å². The molecule has 5 heteroatoms. The minimum absolute atomic E-state index is 0.131. The van der Waals surface area contributed by atoms with Gasteiger partial charge in [0.15, 0.2) is 0 Å². The number of pyridine rings is 1. The molecule has 2 N–H and O–H groups in total. The van der Waals surface area contributed by atoms with Gasteiger partial charge in [-0.3, -0.25) is 4.79 Å². The monoisotopic (exact) mass is 312 g/mol. The average Bonchev–Trinajstić information content (AvgIpc) is 3.10. The zero-order valence-corrected chi connectivity index (χ0v) is 12.6. The molecule has 2 heterocycles. The van der Waals surface area contributed by atoms with Gasteiger partial charge < -0.3 is 4.98 Å². The molecular weight excluding hydrogens is 300 g/mol. The van der Waals surface area contributed by atoms with Crippen molar-refractivity contribution in [3.8, 4) is 11.1 Å². The van der Waals surface area contributed by atoms with Crippen LogP contribution in [0.3, 0.4) is 0 Å². The first-order valence-corrected chi connectivity index (χ1v) is 7.66. The maximum Gasteiger partial charge on any atom is 0.256 e. The first-order valence-electron chi connectivity index (χ1n) is 7.66. The molecule has 5 aromatic rings. The number of rotatable bonds is 1. The molecule has 0 aliphatic rings. The standard InChI is InChI=1S/C19H12N4O/c24-19-15(10-12-6-2-4-8-16(12)20-19)14-9-11-5-1-3-7-13(11)17-18(14)22-23-21-17/h1-10H,(H,20,24)(H,21,22,23). The van der Waals surface area contributed by atoms with E-state index in [0.717, 1.165) is 32.8 Å². The first-order chi connectivity index (χ1) is 11.8. The molecular formula is C19H12N4O. The molecule has 114 valence electrons. The van der Waals surface area contributed by atoms with E-state index in [4.69, 9.17) is 0 Å². The molecule has 5 nitrogen and oxygen atoms in total. The zero-order chi connectivity index (χ0) is 16.1. The maximum atomic E-state index is 12.6. The summed E-state index contributed by atoms with van der Waals surface area (Å²) in [7, 11) is 0. The van der Waals surface area contributed by atoms with Crippen LogP contribution in [0.1, 0.15) is 0 Å². The van der Waals surface area contributed by atoms with Gasteiger partial charge in [-0.1, -0.05) is 42.5 Å². The summed E-state index contributed by atoms with van der Waals surface area (Å²) in [6.45, 7) is 0. The molecule has 0 spiro atoms. The summed E-state index contributed by atoms with van der Waals surface area (Å²) in [5.41, 5.74) is 3.55. The summed E-state index contributed by atoms with van der Waals surface area (Å²) < 4.78 is 0. The molecule has 0 fully saturated rings. The number of benzene rings is 3. The molecule has 3 aromatic carbocycles. The summed E-state index contributed by atoms with van der Waals surface area (Å²) >= 11 is 0. The van der Waals surface area contributed by atoms with E-state index >= 15 is 0 Å². The highest BCUT2D eigenvalue weighted by atomic mass is 16.1. The van der Waals surface area contributed by atoms with Crippen molar-refractivity contribution in [2.45, 2.75) is 0 Å². The average molecular weight is 312 g/mol. The Morgan fingerprint density at radius 3 is 2.38 bits per heavy atom. The quantitative estimate of drug-likeness (QED) is 0.496. The van der Waals surface area contributed by atoms with E-state index in [2.05, 4.69) is 20.4 Å². The van der Waals surface area contributed by atoms with Crippen LogP contribution in [-0.2, 0) is 0 Å². The fourth-order valence-corrected chi connectivity index (χ4v) is 3.22. The summed E-state index contributed by atoms with van der Waals surface area (Å²) in [6, 6.07) is 19.6. The number of H-pyrrole nitrogens is 2. The molecule has 0 aliphatic carbocycles. The predicted octanol–water partition coefficient (Wildman–Crippen LogP) is 3.62. The van der Waals surface area contributed by atoms with E-state index in [1.54, 1.807) is 0 Å². The van der Waals surface area contributed by atoms with Gasteiger partial charge in [-0.2, -0.15) is 15.4 Å². The minimum atomic E-state index is -0.131. The molecule has 0 saturated heterocycles. The largest absolute Gasteiger partial charge is 0.321 e. The summed E-state index contributed by atoms with van der Waals surface area (Å²) in [5.74, 6) is 0. The molecule has 0 saturated carbocycles. The first kappa shape index (κ1) is 13.0. The molecule has 0 unspecified atom stereocenters. The van der Waals surface area contributed by atoms with Gasteiger partial charge in [0, 0.05) is 22.0 Å². The van der Waals surface area contributed by atoms with Gasteiger partial charge in [-0.05, 0) is 29.0 Å². The van der Waals surface area contributed by atoms with Crippen LogP contribution in [0.4, 0.5) is 0 Å². The van der Waals surface area contributed by atoms with Crippen molar-refractivity contribution in [3.63, 3.8) is 0 Å². The van der Waals surface area contributed by atoms with Gasteiger partial charge in [0.1, 0.15) is 11.0 Å². The molecule has 0 atom stereocenters. The van der Waals surface area contributed by atoms with Gasteiger partial charge in [0.05, 0.1) is 0 Å². The van der Waals surface area contributed by atoms with Crippen molar-refractivity contribution in [2.75, 3.05) is 0 Å². The predicted molar refractivity (Wildman–Crippen MR) is 95.0 cm³/mol. The Hall–Kier alpha value is -3.47. The van der Waals surface area contributed by atoms with Crippen molar-refractivity contribution in [1.29, 1.82) is 0 Å². The lowest BCUT2D eigenvalue weighted by Gasteiger charge is -2.06. The Bertz CT molecular complexity index is 1280. The lowest BCUT2D eigenvalue weighted by Crippen LogP contribution is -2.08. The Balaban J connectivity index is 1.93. The fourth-order valence-electron chi connectivity index (χ4n) is 3.22. The van der Waals surface area contributed by atoms with Crippen molar-refractivity contribution in [3.05, 3.63) is 71.0 Å². The van der Waals surface area contributed by atoms with Crippen molar-refractivity contribution in [1.82, 2.24) is 20.4 Å². The van der Waals surface area contributed by atoms with Crippen molar-refractivity contribution in [2.24, 2.45) is 0 Å². The highest BCUT2D eigenvalue weighted by Gasteiger charge is 2.14. The highest BCUT2D eigenvalue weighted by molar-refractivity contribution is 6.10. The molecule has 2 aromatic heterocycles. The summed E-state index contributed by atoms with van der Waals surface area (Å²) in [4.78, 5) is 15.6. The van der Waals surface area contributed by atoms with Crippen molar-refractivity contribution < 1.29 is 0 Å². The van der Waals surface area contributed by atoms with E-state index in [1.807, 2.05) is 60.7 Å². The van der Waals surface area contributed by atoms with Crippen LogP contribution >= 0.6 is 0 Å². The van der Waals surface area contributed by atoms with Gasteiger partial charge in [-0.25, -0.2) is 0 Å². The molecule has 24 heavy (non-hydrogen) atoms. The van der Waals surface area contributed by atoms with Gasteiger partial charge in [-0.15, -0.1) is 0 Å². The third-order valence-corrected chi connectivity index (χ3v) is 4.36. The molecule has 0 aliphatic heterocycles. The number of nitrogens with zero attached hydrogens (tertiary/aromatic N) is 2. The zero-order valence-electron chi connectivity index (χ0n) is 12.6. The number of hydrogen-bond acceptors (Lipinski definition) is 3.